The molecule has 165 valence electrons. The molecule has 13 heteroatoms. The molecule has 1 heterocycles. The van der Waals surface area contributed by atoms with Crippen LogP contribution < -0.4 is 5.32 Å². The van der Waals surface area contributed by atoms with Gasteiger partial charge < -0.3 is 4.43 Å². The minimum atomic E-state index is -3.93. The van der Waals surface area contributed by atoms with Crippen LogP contribution in [0, 0.1) is 11.3 Å². The van der Waals surface area contributed by atoms with Gasteiger partial charge in [-0.3, -0.25) is 0 Å². The molecule has 0 amide bonds. The van der Waals surface area contributed by atoms with Crippen molar-refractivity contribution in [1.82, 2.24) is 5.32 Å². The van der Waals surface area contributed by atoms with Crippen LogP contribution in [0.4, 0.5) is 0 Å². The van der Waals surface area contributed by atoms with Gasteiger partial charge in [-0.15, -0.1) is 0 Å². The van der Waals surface area contributed by atoms with Gasteiger partial charge >= 0.3 is 139 Å². The summed E-state index contributed by atoms with van der Waals surface area (Å²) in [7, 11) is -3.45. The molecule has 0 aromatic rings. The maximum atomic E-state index is 13.0. The van der Waals surface area contributed by atoms with Crippen LogP contribution >= 0.6 is 7.82 Å². The van der Waals surface area contributed by atoms with Crippen LogP contribution in [-0.2, 0) is 49.4 Å². The first-order valence-electron chi connectivity index (χ1n) is 10.1. The summed E-state index contributed by atoms with van der Waals surface area (Å²) in [5.74, 6) is 0. The molecule has 29 heavy (non-hydrogen) atoms. The molecule has 4 unspecified atom stereocenters. The minimum absolute atomic E-state index is 0.0512. The third-order valence-corrected chi connectivity index (χ3v) is 6.42. The molecular formula is C16H30N3O7PSiV. The third-order valence-electron chi connectivity index (χ3n) is 3.52. The van der Waals surface area contributed by atoms with Crippen LogP contribution in [0.3, 0.4) is 0 Å². The summed E-state index contributed by atoms with van der Waals surface area (Å²) in [6.07, 6.45) is 0.130. The number of ether oxygens (including phenoxy) is 1. The number of phosphoric acid groups is 1. The Morgan fingerprint density at radius 2 is 2.24 bits per heavy atom. The Morgan fingerprint density at radius 1 is 1.45 bits per heavy atom. The molecule has 0 aliphatic carbocycles. The Kier molecular flexibility index (Phi) is 14.6. The maximum absolute atomic E-state index is 13.0. The Hall–Kier alpha value is 0.0413. The van der Waals surface area contributed by atoms with E-state index in [4.69, 9.17) is 34.2 Å². The number of hydrogen-bond donors (Lipinski definition) is 1. The quantitative estimate of drug-likeness (QED) is 0.134. The van der Waals surface area contributed by atoms with Crippen LogP contribution in [0.2, 0.25) is 6.04 Å². The SMILES string of the molecule is [3H]C1CC(OP(=O)(OCCC#N)OCCNCCC[Si]OC(C)C)C(CO[N]=[V])O1. The van der Waals surface area contributed by atoms with Crippen molar-refractivity contribution < 1.29 is 50.7 Å². The zero-order chi connectivity index (χ0) is 22.2. The fourth-order valence-corrected chi connectivity index (χ4v) is 4.47. The predicted octanol–water partition coefficient (Wildman–Crippen LogP) is 2.32. The van der Waals surface area contributed by atoms with Gasteiger partial charge in [-0.1, -0.05) is 0 Å². The van der Waals surface area contributed by atoms with Crippen LogP contribution in [0.15, 0.2) is 3.95 Å². The zero-order valence-corrected chi connectivity index (χ0v) is 20.1. The van der Waals surface area contributed by atoms with Crippen LogP contribution in [0.1, 0.15) is 34.5 Å². The van der Waals surface area contributed by atoms with Crippen LogP contribution in [-0.4, -0.2) is 67.6 Å². The molecular weight excluding hydrogens is 456 g/mol. The molecule has 0 saturated carbocycles. The van der Waals surface area contributed by atoms with E-state index in [9.17, 15) is 4.57 Å². The van der Waals surface area contributed by atoms with Crippen molar-refractivity contribution in [3.63, 3.8) is 0 Å². The predicted molar refractivity (Wildman–Crippen MR) is 102 cm³/mol. The van der Waals surface area contributed by atoms with E-state index in [2.05, 4.69) is 9.27 Å². The molecule has 1 aliphatic rings. The molecule has 1 rings (SSSR count). The number of phosphoric ester groups is 1. The van der Waals surface area contributed by atoms with Crippen molar-refractivity contribution in [1.29, 1.82) is 5.26 Å². The normalized spacial score (nSPS) is 24.2. The van der Waals surface area contributed by atoms with E-state index in [-0.39, 0.29) is 38.8 Å². The Morgan fingerprint density at radius 3 is 2.97 bits per heavy atom. The van der Waals surface area contributed by atoms with E-state index in [1.165, 1.54) is 0 Å². The van der Waals surface area contributed by atoms with Gasteiger partial charge in [-0.2, -0.15) is 0 Å². The fraction of sp³-hybridized carbons (Fsp3) is 0.938. The van der Waals surface area contributed by atoms with E-state index >= 15 is 0 Å². The second-order valence-corrected chi connectivity index (χ2v) is 9.19. The molecule has 0 aromatic carbocycles. The number of nitrogens with zero attached hydrogens (tertiary/aromatic N) is 2. The second kappa shape index (κ2) is 16.7. The summed E-state index contributed by atoms with van der Waals surface area (Å²) in [6, 6.07) is 2.90. The first-order valence-corrected chi connectivity index (χ1v) is 12.7. The topological polar surface area (TPSA) is 121 Å². The Balaban J connectivity index is 2.42. The van der Waals surface area contributed by atoms with Gasteiger partial charge in [0.1, 0.15) is 0 Å². The summed E-state index contributed by atoms with van der Waals surface area (Å²) in [5, 5.41) is 11.9. The van der Waals surface area contributed by atoms with Crippen molar-refractivity contribution >= 4 is 17.6 Å². The molecule has 1 fully saturated rings. The summed E-state index contributed by atoms with van der Waals surface area (Å²) < 4.78 is 51.4. The van der Waals surface area contributed by atoms with E-state index in [0.717, 1.165) is 19.0 Å². The number of rotatable bonds is 18. The molecule has 2 radical (unpaired) electrons. The monoisotopic (exact) mass is 488 g/mol. The van der Waals surface area contributed by atoms with Crippen LogP contribution in [0.25, 0.3) is 0 Å². The van der Waals surface area contributed by atoms with Crippen molar-refractivity contribution in [2.45, 2.75) is 57.5 Å². The molecule has 10 nitrogen and oxygen atoms in total. The summed E-state index contributed by atoms with van der Waals surface area (Å²) in [5.41, 5.74) is 0. The third kappa shape index (κ3) is 13.1. The van der Waals surface area contributed by atoms with Crippen molar-refractivity contribution in [3.05, 3.63) is 0 Å². The standard InChI is InChI=1S/C16H30N3O7PSi.V/c1-14(2)26-28-12-4-7-19-8-11-24-27(20,23-9-3-6-17)25-15-5-10-21-16(15)13-22-18;/h14-16,19H,3-5,7-13H2,1-2H3;/i10T;. The molecule has 0 aromatic heterocycles. The first-order chi connectivity index (χ1) is 14.4. The Labute approximate surface area is 186 Å². The summed E-state index contributed by atoms with van der Waals surface area (Å²) >= 11 is 1.91. The Bertz CT molecular complexity index is 575. The van der Waals surface area contributed by atoms with E-state index in [0.29, 0.717) is 16.3 Å². The average molecular weight is 488 g/mol. The second-order valence-electron chi connectivity index (χ2n) is 6.28. The molecule has 0 bridgehead atoms. The summed E-state index contributed by atoms with van der Waals surface area (Å²) in [4.78, 5) is 4.95. The zero-order valence-electron chi connectivity index (χ0n) is 17.8. The molecule has 0 spiro atoms. The van der Waals surface area contributed by atoms with Crippen molar-refractivity contribution in [2.75, 3.05) is 39.5 Å². The van der Waals surface area contributed by atoms with Gasteiger partial charge in [-0.25, -0.2) is 0 Å². The first kappa shape index (κ1) is 25.3. The summed E-state index contributed by atoms with van der Waals surface area (Å²) in [6.45, 7) is 4.51. The van der Waals surface area contributed by atoms with Gasteiger partial charge in [0.2, 0.25) is 9.76 Å². The number of nitriles is 1. The van der Waals surface area contributed by atoms with Crippen LogP contribution in [0.5, 0.6) is 0 Å². The fourth-order valence-electron chi connectivity index (χ4n) is 2.21. The van der Waals surface area contributed by atoms with Gasteiger partial charge in [0, 0.05) is 6.10 Å². The van der Waals surface area contributed by atoms with Gasteiger partial charge in [0.15, 0.2) is 0 Å². The van der Waals surface area contributed by atoms with Gasteiger partial charge in [0.25, 0.3) is 0 Å². The molecule has 1 N–H and O–H groups in total. The number of hydrogen-bond acceptors (Lipinski definition) is 10. The average Bonchev–Trinajstić information content (AvgIpc) is 3.03. The van der Waals surface area contributed by atoms with Crippen molar-refractivity contribution in [2.24, 2.45) is 3.95 Å². The van der Waals surface area contributed by atoms with E-state index in [1.54, 1.807) is 0 Å². The van der Waals surface area contributed by atoms with Crippen molar-refractivity contribution in [3.8, 4) is 6.07 Å². The van der Waals surface area contributed by atoms with Gasteiger partial charge in [-0.05, 0) is 26.3 Å². The molecule has 4 atom stereocenters. The van der Waals surface area contributed by atoms with E-state index < -0.39 is 26.6 Å². The molecule has 1 saturated heterocycles. The molecule has 1 aliphatic heterocycles. The van der Waals surface area contributed by atoms with Gasteiger partial charge in [0.05, 0.1) is 0 Å². The van der Waals surface area contributed by atoms with E-state index in [1.807, 2.05) is 37.2 Å². The number of nitrogens with one attached hydrogen (secondary N) is 1.